The van der Waals surface area contributed by atoms with Gasteiger partial charge in [-0.25, -0.2) is 30.4 Å². The SMILES string of the molecule is C1=C[CH-]B(O[b-]2ccccc2)C=C1.CCCCCC.ClCCl.ClCCl.[Cl-].[Cl-].[Ru+2].[Ru+2].c1ccc(P(c2ccccc2)c2ccccc2)cc1.c1ccc(P(c2ccccc2)c2ccccc2)cc1.c1ccc(P(c2ccccc2)c2ccccc2)cc1.c1ccc(P(c2ccccc2)c2ccccc2)cc1. The topological polar surface area (TPSA) is 9.23 Å². The smallest absolute Gasteiger partial charge is 1.00 e. The molecule has 0 spiro atoms. The monoisotopic (exact) mass is 1740 g/mol. The van der Waals surface area contributed by atoms with Crippen LogP contribution < -0.4 is 93.0 Å². The van der Waals surface area contributed by atoms with E-state index in [1.54, 1.807) is 0 Å². The quantitative estimate of drug-likeness (QED) is 0.0290. The minimum absolute atomic E-state index is 0. The Morgan fingerprint density at radius 3 is 0.581 bits per heavy atom. The number of allylic oxidation sites excluding steroid dienone is 3. The Labute approximate surface area is 691 Å². The normalized spacial score (nSPS) is 10.2. The molecule has 1 aliphatic heterocycles. The Morgan fingerprint density at radius 2 is 0.438 bits per heavy atom. The zero-order valence-corrected chi connectivity index (χ0v) is 70.6. The molecule has 0 atom stereocenters. The first-order valence-corrected chi connectivity index (χ1v) is 41.6. The number of alkyl halides is 4. The Hall–Kier alpha value is -6.02. The molecule has 0 amide bonds. The van der Waals surface area contributed by atoms with Gasteiger partial charge in [0, 0.05) is 6.55 Å². The third-order valence-electron chi connectivity index (χ3n) is 15.1. The Bertz CT molecular complexity index is 3350. The molecule has 538 valence electrons. The van der Waals surface area contributed by atoms with E-state index in [1.807, 2.05) is 60.6 Å². The number of hydrogen-bond acceptors (Lipinski definition) is 1. The first-order chi connectivity index (χ1) is 50.0. The van der Waals surface area contributed by atoms with Crippen LogP contribution in [-0.4, -0.2) is 24.1 Å². The zero-order valence-electron chi connectivity index (χ0n) is 59.0. The van der Waals surface area contributed by atoms with Crippen LogP contribution in [0.25, 0.3) is 0 Å². The van der Waals surface area contributed by atoms with Gasteiger partial charge in [-0.1, -0.05) is 410 Å². The summed E-state index contributed by atoms with van der Waals surface area (Å²) in [4.78, 5) is 0. The van der Waals surface area contributed by atoms with Crippen LogP contribution in [0.5, 0.6) is 0 Å². The first kappa shape index (κ1) is 93.2. The van der Waals surface area contributed by atoms with Crippen molar-refractivity contribution in [2.45, 2.75) is 39.5 Å². The van der Waals surface area contributed by atoms with Gasteiger partial charge in [0.15, 0.2) is 0 Å². The molecule has 14 rings (SSSR count). The van der Waals surface area contributed by atoms with Gasteiger partial charge in [-0.05, 0) is 95.3 Å². The molecule has 1 aromatic heterocycles. The van der Waals surface area contributed by atoms with Crippen molar-refractivity contribution in [1.29, 1.82) is 0 Å². The number of unbranched alkanes of at least 4 members (excludes halogenated alkanes) is 3. The number of rotatable bonds is 17. The largest absolute Gasteiger partial charge is 2.00 e. The van der Waals surface area contributed by atoms with Gasteiger partial charge in [0.1, 0.15) is 0 Å². The van der Waals surface area contributed by atoms with Crippen molar-refractivity contribution >= 4 is 155 Å². The molecule has 0 bridgehead atoms. The minimum Gasteiger partial charge on any atom is -1.00 e. The van der Waals surface area contributed by atoms with Crippen molar-refractivity contribution in [2.75, 3.05) is 10.7 Å². The van der Waals surface area contributed by atoms with Crippen molar-refractivity contribution in [3.8, 4) is 0 Å². The van der Waals surface area contributed by atoms with Crippen LogP contribution in [0.1, 0.15) is 39.5 Å². The van der Waals surface area contributed by atoms with E-state index in [9.17, 15) is 0 Å². The average Bonchev–Trinajstić information content (AvgIpc) is 0.843. The van der Waals surface area contributed by atoms with Crippen LogP contribution in [0.4, 0.5) is 0 Å². The van der Waals surface area contributed by atoms with Crippen molar-refractivity contribution in [1.82, 2.24) is 0 Å². The molecule has 1 aliphatic rings. The van der Waals surface area contributed by atoms with E-state index in [-0.39, 0.29) is 87.9 Å². The van der Waals surface area contributed by atoms with Gasteiger partial charge < -0.3 is 29.4 Å². The summed E-state index contributed by atoms with van der Waals surface area (Å²) >= 11 is 19.1. The van der Waals surface area contributed by atoms with Gasteiger partial charge in [0.25, 0.3) is 6.92 Å². The fourth-order valence-electron chi connectivity index (χ4n) is 10.5. The van der Waals surface area contributed by atoms with Crippen LogP contribution in [-0.2, 0) is 39.0 Å². The maximum absolute atomic E-state index is 5.74. The molecule has 12 aromatic carbocycles. The van der Waals surface area contributed by atoms with Crippen LogP contribution in [0.15, 0.2) is 418 Å². The van der Waals surface area contributed by atoms with Crippen molar-refractivity contribution in [2.24, 2.45) is 0 Å². The summed E-state index contributed by atoms with van der Waals surface area (Å²) in [7, 11) is -1.78. The molecule has 1 nitrogen and oxygen atoms in total. The van der Waals surface area contributed by atoms with Gasteiger partial charge in [0.2, 0.25) is 0 Å². The van der Waals surface area contributed by atoms with E-state index < -0.39 is 31.7 Å². The third-order valence-corrected chi connectivity index (χ3v) is 24.9. The standard InChI is InChI=1S/4C18H15P.C10H10B2O.C6H14.2CH2Cl2.2ClH.2Ru/c4*1-4-10-16(11-5-1)19(17-12-6-2-7-13-17)18-14-8-3-9-15-18;1-3-7-11(8-4-1)13-12-9-5-2-6-10-12;1-3-5-6-4-2;2*2-1-3;;;;/h4*1-15H;1-10H;3-6H2,1-2H3;2*1H2;2*1H;;/q;;;;-2;;;;;;2*+2/p-2. The molecule has 0 fully saturated rings. The van der Waals surface area contributed by atoms with Crippen LogP contribution in [0, 0.1) is 6.32 Å². The summed E-state index contributed by atoms with van der Waals surface area (Å²) < 4.78 is 5.74. The van der Waals surface area contributed by atoms with E-state index in [1.165, 1.54) is 89.3 Å². The molecule has 105 heavy (non-hydrogen) atoms. The van der Waals surface area contributed by atoms with Gasteiger partial charge >= 0.3 is 39.0 Å². The van der Waals surface area contributed by atoms with Crippen molar-refractivity contribution < 1.29 is 68.3 Å². The molecule has 0 saturated heterocycles. The number of halogens is 6. The van der Waals surface area contributed by atoms with Gasteiger partial charge in [0.05, 0.1) is 10.7 Å². The first-order valence-electron chi connectivity index (χ1n) is 34.1. The van der Waals surface area contributed by atoms with Crippen LogP contribution in [0.2, 0.25) is 0 Å². The summed E-state index contributed by atoms with van der Waals surface area (Å²) in [5, 5.41) is 17.2. The fourth-order valence-corrected chi connectivity index (χ4v) is 19.7. The summed E-state index contributed by atoms with van der Waals surface area (Å²) in [6, 6.07) is 135. The van der Waals surface area contributed by atoms with Crippen LogP contribution in [0.3, 0.4) is 0 Å². The minimum atomic E-state index is -0.446. The van der Waals surface area contributed by atoms with E-state index in [2.05, 4.69) is 378 Å². The zero-order chi connectivity index (χ0) is 70.8. The predicted molar refractivity (Wildman–Crippen MR) is 461 cm³/mol. The van der Waals surface area contributed by atoms with E-state index in [0.29, 0.717) is 0 Å². The molecule has 13 aromatic rings. The van der Waals surface area contributed by atoms with Gasteiger partial charge in [-0.2, -0.15) is 6.08 Å². The van der Waals surface area contributed by atoms with E-state index >= 15 is 0 Å². The Morgan fingerprint density at radius 1 is 0.276 bits per heavy atom. The molecule has 0 unspecified atom stereocenters. The molecule has 0 N–H and O–H groups in total. The molecule has 15 heteroatoms. The molecule has 0 saturated carbocycles. The van der Waals surface area contributed by atoms with Gasteiger partial charge in [-0.3, -0.25) is 0 Å². The second-order valence-electron chi connectivity index (χ2n) is 22.3. The van der Waals surface area contributed by atoms with E-state index in [4.69, 9.17) is 51.0 Å². The van der Waals surface area contributed by atoms with Gasteiger partial charge in [-0.15, -0.1) is 64.5 Å². The maximum atomic E-state index is 5.74. The number of benzene rings is 12. The third kappa shape index (κ3) is 34.8. The predicted octanol–water partition coefficient (Wildman–Crippen LogP) is 14.8. The van der Waals surface area contributed by atoms with Crippen molar-refractivity contribution in [3.63, 3.8) is 0 Å². The molecular weight excluding hydrogens is 1660 g/mol. The van der Waals surface area contributed by atoms with Crippen molar-refractivity contribution in [3.05, 3.63) is 425 Å². The second kappa shape index (κ2) is 59.0. The van der Waals surface area contributed by atoms with Crippen LogP contribution >= 0.6 is 78.1 Å². The summed E-state index contributed by atoms with van der Waals surface area (Å²) in [6.07, 6.45) is 13.6. The summed E-state index contributed by atoms with van der Waals surface area (Å²) in [6.45, 7) is 4.69. The number of hydrogen-bond donors (Lipinski definition) is 0. The molecule has 0 aliphatic carbocycles. The molecular formula is C90H88B2Cl6OP4Ru2. The average molecular weight is 1750 g/mol. The van der Waals surface area contributed by atoms with E-state index in [0.717, 1.165) is 0 Å². The molecule has 2 heterocycles. The Balaban J connectivity index is 0.000000326. The summed E-state index contributed by atoms with van der Waals surface area (Å²) in [5.41, 5.74) is 0. The summed E-state index contributed by atoms with van der Waals surface area (Å²) in [5.74, 6) is 6.12. The Kier molecular flexibility index (Phi) is 52.4. The molecule has 0 radical (unpaired) electrons. The fraction of sp³-hybridized carbons (Fsp3) is 0.0889. The maximum Gasteiger partial charge on any atom is 2.00 e. The second-order valence-corrected chi connectivity index (χ2v) is 32.8.